The normalized spacial score (nSPS) is 15.6. The number of pyridine rings is 3. The smallest absolute Gasteiger partial charge is 0.0573 e. The Morgan fingerprint density at radius 2 is 1.40 bits per heavy atom. The van der Waals surface area contributed by atoms with Crippen LogP contribution in [0.1, 0.15) is 41.1 Å². The van der Waals surface area contributed by atoms with Crippen LogP contribution in [0, 0.1) is 13.8 Å². The summed E-state index contributed by atoms with van der Waals surface area (Å²) in [4.78, 5) is 18.9. The number of likely N-dealkylation sites (tertiary alicyclic amines) is 1. The predicted octanol–water partition coefficient (Wildman–Crippen LogP) is 4.16. The highest BCUT2D eigenvalue weighted by Gasteiger charge is 2.26. The summed E-state index contributed by atoms with van der Waals surface area (Å²) in [5, 5.41) is 0. The second kappa shape index (κ2) is 9.92. The lowest BCUT2D eigenvalue weighted by atomic mass is 10.0. The number of aromatic nitrogens is 3. The molecule has 0 saturated carbocycles. The average molecular weight is 402 g/mol. The molecule has 3 aromatic heterocycles. The van der Waals surface area contributed by atoms with Gasteiger partial charge >= 0.3 is 0 Å². The maximum absolute atomic E-state index is 4.67. The first-order valence-electron chi connectivity index (χ1n) is 10.9. The van der Waals surface area contributed by atoms with Gasteiger partial charge in [0.05, 0.1) is 17.1 Å². The lowest BCUT2D eigenvalue weighted by Gasteiger charge is -2.38. The summed E-state index contributed by atoms with van der Waals surface area (Å²) < 4.78 is 0. The van der Waals surface area contributed by atoms with Crippen molar-refractivity contribution in [2.24, 2.45) is 0 Å². The summed E-state index contributed by atoms with van der Waals surface area (Å²) >= 11 is 0. The van der Waals surface area contributed by atoms with Crippen molar-refractivity contribution in [1.29, 1.82) is 0 Å². The van der Waals surface area contributed by atoms with Crippen molar-refractivity contribution in [2.45, 2.75) is 52.4 Å². The molecule has 3 aromatic rings. The summed E-state index contributed by atoms with van der Waals surface area (Å²) in [5.74, 6) is 0. The van der Waals surface area contributed by atoms with E-state index in [1.807, 2.05) is 36.8 Å². The fourth-order valence-electron chi connectivity index (χ4n) is 4.23. The van der Waals surface area contributed by atoms with E-state index in [1.165, 1.54) is 22.5 Å². The number of aryl methyl sites for hydroxylation is 2. The van der Waals surface area contributed by atoms with E-state index in [0.717, 1.165) is 51.3 Å². The lowest BCUT2D eigenvalue weighted by Crippen LogP contribution is -2.44. The molecule has 0 atom stereocenters. The van der Waals surface area contributed by atoms with Crippen LogP contribution in [-0.2, 0) is 19.6 Å². The third kappa shape index (κ3) is 5.29. The van der Waals surface area contributed by atoms with Crippen LogP contribution in [0.2, 0.25) is 0 Å². The van der Waals surface area contributed by atoms with E-state index in [9.17, 15) is 0 Å². The van der Waals surface area contributed by atoms with Gasteiger partial charge in [0.15, 0.2) is 0 Å². The van der Waals surface area contributed by atoms with Crippen LogP contribution < -0.4 is 0 Å². The molecule has 5 heteroatoms. The second-order valence-electron chi connectivity index (χ2n) is 8.27. The van der Waals surface area contributed by atoms with Crippen LogP contribution in [0.4, 0.5) is 0 Å². The molecule has 30 heavy (non-hydrogen) atoms. The molecule has 0 bridgehead atoms. The Kier molecular flexibility index (Phi) is 6.82. The van der Waals surface area contributed by atoms with Crippen molar-refractivity contribution < 1.29 is 0 Å². The molecule has 1 aliphatic heterocycles. The van der Waals surface area contributed by atoms with Crippen LogP contribution in [0.25, 0.3) is 0 Å². The Hall–Kier alpha value is -2.63. The molecule has 156 valence electrons. The molecule has 4 rings (SSSR count). The van der Waals surface area contributed by atoms with Gasteiger partial charge in [0.1, 0.15) is 0 Å². The van der Waals surface area contributed by atoms with Crippen molar-refractivity contribution >= 4 is 0 Å². The molecule has 1 fully saturated rings. The monoisotopic (exact) mass is 401 g/mol. The lowest BCUT2D eigenvalue weighted by molar-refractivity contribution is 0.0905. The third-order valence-corrected chi connectivity index (χ3v) is 6.13. The number of hydrogen-bond donors (Lipinski definition) is 0. The van der Waals surface area contributed by atoms with Gasteiger partial charge in [0.2, 0.25) is 0 Å². The van der Waals surface area contributed by atoms with Gasteiger partial charge in [-0.3, -0.25) is 24.8 Å². The van der Waals surface area contributed by atoms with Gasteiger partial charge in [-0.15, -0.1) is 0 Å². The zero-order valence-electron chi connectivity index (χ0n) is 18.0. The molecule has 1 saturated heterocycles. The minimum atomic E-state index is 0.535. The molecule has 0 unspecified atom stereocenters. The van der Waals surface area contributed by atoms with Gasteiger partial charge in [-0.1, -0.05) is 18.2 Å². The Morgan fingerprint density at radius 1 is 0.800 bits per heavy atom. The molecule has 5 nitrogen and oxygen atoms in total. The summed E-state index contributed by atoms with van der Waals surface area (Å²) in [6.07, 6.45) is 8.01. The molecule has 0 aromatic carbocycles. The molecule has 0 radical (unpaired) electrons. The van der Waals surface area contributed by atoms with E-state index in [2.05, 4.69) is 62.9 Å². The van der Waals surface area contributed by atoms with Gasteiger partial charge in [0, 0.05) is 57.4 Å². The largest absolute Gasteiger partial charge is 0.297 e. The van der Waals surface area contributed by atoms with Gasteiger partial charge < -0.3 is 0 Å². The first-order chi connectivity index (χ1) is 14.7. The van der Waals surface area contributed by atoms with Gasteiger partial charge in [0.25, 0.3) is 0 Å². The standard InChI is InChI=1S/C25H31N5/c1-20-7-5-13-27-24(20)18-30(19-25-21(2)8-6-14-28-25)23-10-15-29(16-11-23)17-22-9-3-4-12-26-22/h3-9,12-14,23H,10-11,15-19H2,1-2H3. The maximum Gasteiger partial charge on any atom is 0.0573 e. The molecular formula is C25H31N5. The highest BCUT2D eigenvalue weighted by molar-refractivity contribution is 5.20. The first-order valence-corrected chi connectivity index (χ1v) is 10.9. The van der Waals surface area contributed by atoms with Crippen molar-refractivity contribution in [1.82, 2.24) is 24.8 Å². The molecule has 0 spiro atoms. The highest BCUT2D eigenvalue weighted by Crippen LogP contribution is 2.23. The molecule has 4 heterocycles. The Morgan fingerprint density at radius 3 is 1.93 bits per heavy atom. The van der Waals surface area contributed by atoms with E-state index >= 15 is 0 Å². The van der Waals surface area contributed by atoms with E-state index in [1.54, 1.807) is 0 Å². The predicted molar refractivity (Wildman–Crippen MR) is 120 cm³/mol. The molecule has 0 N–H and O–H groups in total. The van der Waals surface area contributed by atoms with Crippen molar-refractivity contribution in [2.75, 3.05) is 13.1 Å². The van der Waals surface area contributed by atoms with Crippen LogP contribution in [0.5, 0.6) is 0 Å². The van der Waals surface area contributed by atoms with E-state index in [4.69, 9.17) is 0 Å². The quantitative estimate of drug-likeness (QED) is 0.595. The molecule has 0 amide bonds. The number of piperidine rings is 1. The fourth-order valence-corrected chi connectivity index (χ4v) is 4.23. The van der Waals surface area contributed by atoms with Gasteiger partial charge in [-0.25, -0.2) is 0 Å². The fraction of sp³-hybridized carbons (Fsp3) is 0.400. The zero-order chi connectivity index (χ0) is 20.8. The van der Waals surface area contributed by atoms with Crippen LogP contribution in [0.3, 0.4) is 0 Å². The molecule has 0 aliphatic carbocycles. The highest BCUT2D eigenvalue weighted by atomic mass is 15.2. The van der Waals surface area contributed by atoms with Gasteiger partial charge in [-0.05, 0) is 62.1 Å². The van der Waals surface area contributed by atoms with Crippen LogP contribution in [0.15, 0.2) is 61.1 Å². The maximum atomic E-state index is 4.67. The van der Waals surface area contributed by atoms with Gasteiger partial charge in [-0.2, -0.15) is 0 Å². The number of nitrogens with zero attached hydrogens (tertiary/aromatic N) is 5. The Balaban J connectivity index is 1.45. The number of hydrogen-bond acceptors (Lipinski definition) is 5. The minimum absolute atomic E-state index is 0.535. The first kappa shape index (κ1) is 20.6. The average Bonchev–Trinajstić information content (AvgIpc) is 2.77. The summed E-state index contributed by atoms with van der Waals surface area (Å²) in [6, 6.07) is 15.0. The SMILES string of the molecule is Cc1cccnc1CN(Cc1ncccc1C)C1CCN(Cc2ccccn2)CC1. The second-order valence-corrected chi connectivity index (χ2v) is 8.27. The van der Waals surface area contributed by atoms with Crippen molar-refractivity contribution in [3.63, 3.8) is 0 Å². The minimum Gasteiger partial charge on any atom is -0.297 e. The van der Waals surface area contributed by atoms with Crippen molar-refractivity contribution in [3.8, 4) is 0 Å². The summed E-state index contributed by atoms with van der Waals surface area (Å²) in [5.41, 5.74) is 6.01. The molecule has 1 aliphatic rings. The Labute approximate surface area is 179 Å². The summed E-state index contributed by atoms with van der Waals surface area (Å²) in [7, 11) is 0. The van der Waals surface area contributed by atoms with Crippen LogP contribution >= 0.6 is 0 Å². The van der Waals surface area contributed by atoms with E-state index in [-0.39, 0.29) is 0 Å². The number of rotatable bonds is 7. The van der Waals surface area contributed by atoms with E-state index in [0.29, 0.717) is 6.04 Å². The topological polar surface area (TPSA) is 45.2 Å². The molecular weight excluding hydrogens is 370 g/mol. The summed E-state index contributed by atoms with van der Waals surface area (Å²) in [6.45, 7) is 9.18. The van der Waals surface area contributed by atoms with Crippen LogP contribution in [-0.4, -0.2) is 43.9 Å². The Bertz CT molecular complexity index is 888. The third-order valence-electron chi connectivity index (χ3n) is 6.13. The van der Waals surface area contributed by atoms with E-state index < -0.39 is 0 Å². The van der Waals surface area contributed by atoms with Crippen molar-refractivity contribution in [3.05, 3.63) is 89.3 Å². The zero-order valence-corrected chi connectivity index (χ0v) is 18.0.